The molecular weight excluding hydrogens is 396 g/mol. The highest BCUT2D eigenvalue weighted by Gasteiger charge is 2.45. The summed E-state index contributed by atoms with van der Waals surface area (Å²) in [6.07, 6.45) is 6.36. The minimum atomic E-state index is -1.36. The van der Waals surface area contributed by atoms with Gasteiger partial charge in [0.15, 0.2) is 0 Å². The van der Waals surface area contributed by atoms with Crippen molar-refractivity contribution in [3.8, 4) is 17.2 Å². The number of hydrogen-bond acceptors (Lipinski definition) is 5. The van der Waals surface area contributed by atoms with E-state index in [9.17, 15) is 10.4 Å². The van der Waals surface area contributed by atoms with Gasteiger partial charge in [-0.1, -0.05) is 50.6 Å². The molecule has 0 amide bonds. The average molecular weight is 421 g/mol. The van der Waals surface area contributed by atoms with Crippen LogP contribution in [0.4, 0.5) is 0 Å². The second kappa shape index (κ2) is 7.79. The van der Waals surface area contributed by atoms with Crippen LogP contribution in [0.25, 0.3) is 11.1 Å². The predicted octanol–water partition coefficient (Wildman–Crippen LogP) is 5.28. The molecule has 0 saturated carbocycles. The largest absolute Gasteiger partial charge is 0.378 e. The maximum Gasteiger partial charge on any atom is 0.139 e. The predicted molar refractivity (Wildman–Crippen MR) is 118 cm³/mol. The number of pyridine rings is 1. The van der Waals surface area contributed by atoms with Gasteiger partial charge in [0.2, 0.25) is 0 Å². The Morgan fingerprint density at radius 1 is 0.933 bits per heavy atom. The molecule has 0 aliphatic rings. The lowest BCUT2D eigenvalue weighted by atomic mass is 9.70. The first-order valence-electron chi connectivity index (χ1n) is 9.67. The fourth-order valence-corrected chi connectivity index (χ4v) is 3.71. The molecular formula is C24H25ClN4O. The number of halogens is 1. The van der Waals surface area contributed by atoms with Gasteiger partial charge in [-0.05, 0) is 31.5 Å². The molecule has 2 heterocycles. The van der Waals surface area contributed by atoms with Gasteiger partial charge in [0, 0.05) is 45.7 Å². The molecule has 0 fully saturated rings. The monoisotopic (exact) mass is 420 g/mol. The summed E-state index contributed by atoms with van der Waals surface area (Å²) >= 11 is 6.52. The molecule has 6 heteroatoms. The summed E-state index contributed by atoms with van der Waals surface area (Å²) in [6.45, 7) is 9.55. The summed E-state index contributed by atoms with van der Waals surface area (Å²) in [7, 11) is 0. The van der Waals surface area contributed by atoms with Gasteiger partial charge < -0.3 is 5.11 Å². The molecule has 30 heavy (non-hydrogen) atoms. The van der Waals surface area contributed by atoms with Crippen LogP contribution in [0.1, 0.15) is 51.4 Å². The van der Waals surface area contributed by atoms with Crippen molar-refractivity contribution < 1.29 is 5.11 Å². The second-order valence-corrected chi connectivity index (χ2v) is 9.36. The fourth-order valence-electron chi connectivity index (χ4n) is 3.42. The van der Waals surface area contributed by atoms with Crippen LogP contribution in [0.15, 0.2) is 55.2 Å². The zero-order valence-corrected chi connectivity index (χ0v) is 18.6. The van der Waals surface area contributed by atoms with E-state index in [1.54, 1.807) is 24.7 Å². The number of hydrogen-bond donors (Lipinski definition) is 1. The van der Waals surface area contributed by atoms with Crippen molar-refractivity contribution in [1.82, 2.24) is 15.0 Å². The maximum absolute atomic E-state index is 11.7. The van der Waals surface area contributed by atoms with Gasteiger partial charge in [0.05, 0.1) is 17.2 Å². The molecule has 3 rings (SSSR count). The first-order chi connectivity index (χ1) is 14.0. The highest BCUT2D eigenvalue weighted by Crippen LogP contribution is 2.44. The van der Waals surface area contributed by atoms with Crippen molar-refractivity contribution in [3.63, 3.8) is 0 Å². The van der Waals surface area contributed by atoms with Gasteiger partial charge in [-0.2, -0.15) is 5.26 Å². The fraction of sp³-hybridized carbons (Fsp3) is 0.333. The quantitative estimate of drug-likeness (QED) is 0.621. The van der Waals surface area contributed by atoms with E-state index in [4.69, 9.17) is 11.6 Å². The number of rotatable bonds is 4. The number of nitriles is 1. The Bertz CT molecular complexity index is 1080. The summed E-state index contributed by atoms with van der Waals surface area (Å²) in [5, 5.41) is 21.6. The topological polar surface area (TPSA) is 82.7 Å². The van der Waals surface area contributed by atoms with E-state index in [1.165, 1.54) is 6.33 Å². The Labute approximate surface area is 182 Å². The van der Waals surface area contributed by atoms with Crippen molar-refractivity contribution in [1.29, 1.82) is 5.26 Å². The van der Waals surface area contributed by atoms with Gasteiger partial charge in [-0.3, -0.25) is 4.98 Å². The smallest absolute Gasteiger partial charge is 0.139 e. The van der Waals surface area contributed by atoms with Gasteiger partial charge in [0.25, 0.3) is 0 Å². The van der Waals surface area contributed by atoms with E-state index in [-0.39, 0.29) is 0 Å². The number of benzene rings is 1. The van der Waals surface area contributed by atoms with Crippen molar-refractivity contribution in [3.05, 3.63) is 77.1 Å². The molecule has 5 nitrogen and oxygen atoms in total. The second-order valence-electron chi connectivity index (χ2n) is 8.95. The van der Waals surface area contributed by atoms with Gasteiger partial charge in [-0.15, -0.1) is 0 Å². The lowest BCUT2D eigenvalue weighted by molar-refractivity contribution is -0.0301. The van der Waals surface area contributed by atoms with Crippen LogP contribution < -0.4 is 0 Å². The summed E-state index contributed by atoms with van der Waals surface area (Å²) < 4.78 is 0. The Morgan fingerprint density at radius 3 is 2.10 bits per heavy atom. The van der Waals surface area contributed by atoms with Gasteiger partial charge in [0.1, 0.15) is 11.9 Å². The highest BCUT2D eigenvalue weighted by atomic mass is 35.5. The lowest BCUT2D eigenvalue weighted by Gasteiger charge is -2.39. The van der Waals surface area contributed by atoms with E-state index >= 15 is 0 Å². The van der Waals surface area contributed by atoms with Crippen LogP contribution in [0, 0.1) is 16.7 Å². The maximum atomic E-state index is 11.7. The third kappa shape index (κ3) is 3.81. The highest BCUT2D eigenvalue weighted by molar-refractivity contribution is 6.33. The van der Waals surface area contributed by atoms with Crippen molar-refractivity contribution >= 4 is 11.6 Å². The molecule has 0 bridgehead atoms. The SMILES string of the molecule is CC(C)(C#N)c1ccc(-c2ccc(C(O)(c3cncnc3)C(C)(C)C)nc2)c(Cl)c1. The normalized spacial score (nSPS) is 14.1. The van der Waals surface area contributed by atoms with Crippen LogP contribution in [0.2, 0.25) is 5.02 Å². The lowest BCUT2D eigenvalue weighted by Crippen LogP contribution is -2.42. The molecule has 0 saturated heterocycles. The third-order valence-corrected chi connectivity index (χ3v) is 5.79. The molecule has 3 aromatic rings. The van der Waals surface area contributed by atoms with Crippen molar-refractivity contribution in [2.45, 2.75) is 45.6 Å². The molecule has 1 aromatic carbocycles. The van der Waals surface area contributed by atoms with Crippen LogP contribution in [0.5, 0.6) is 0 Å². The van der Waals surface area contributed by atoms with Crippen LogP contribution in [-0.2, 0) is 11.0 Å². The summed E-state index contributed by atoms with van der Waals surface area (Å²) in [5.74, 6) is 0. The molecule has 0 aliphatic heterocycles. The average Bonchev–Trinajstić information content (AvgIpc) is 2.73. The molecule has 0 spiro atoms. The van der Waals surface area contributed by atoms with Gasteiger partial charge >= 0.3 is 0 Å². The summed E-state index contributed by atoms with van der Waals surface area (Å²) in [5.41, 5.74) is 1.05. The molecule has 154 valence electrons. The summed E-state index contributed by atoms with van der Waals surface area (Å²) in [4.78, 5) is 12.7. The minimum absolute atomic E-state index is 0.506. The molecule has 1 unspecified atom stereocenters. The molecule has 0 aliphatic carbocycles. The molecule has 1 atom stereocenters. The van der Waals surface area contributed by atoms with Crippen LogP contribution >= 0.6 is 11.6 Å². The first kappa shape index (κ1) is 21.9. The third-order valence-electron chi connectivity index (χ3n) is 5.48. The van der Waals surface area contributed by atoms with Crippen molar-refractivity contribution in [2.24, 2.45) is 5.41 Å². The molecule has 1 N–H and O–H groups in total. The van der Waals surface area contributed by atoms with E-state index in [0.717, 1.165) is 16.7 Å². The molecule has 0 radical (unpaired) electrons. The number of aliphatic hydroxyl groups is 1. The Balaban J connectivity index is 2.03. The zero-order chi connectivity index (χ0) is 22.2. The van der Waals surface area contributed by atoms with Crippen molar-refractivity contribution in [2.75, 3.05) is 0 Å². The van der Waals surface area contributed by atoms with E-state index in [1.807, 2.05) is 58.9 Å². The van der Waals surface area contributed by atoms with Crippen LogP contribution in [0.3, 0.4) is 0 Å². The van der Waals surface area contributed by atoms with E-state index in [2.05, 4.69) is 21.0 Å². The Hall–Kier alpha value is -2.81. The number of aromatic nitrogens is 3. The molecule has 2 aromatic heterocycles. The van der Waals surface area contributed by atoms with Gasteiger partial charge in [-0.25, -0.2) is 9.97 Å². The van der Waals surface area contributed by atoms with E-state index in [0.29, 0.717) is 16.3 Å². The Kier molecular flexibility index (Phi) is 5.68. The van der Waals surface area contributed by atoms with E-state index < -0.39 is 16.4 Å². The first-order valence-corrected chi connectivity index (χ1v) is 10.0. The number of nitrogens with zero attached hydrogens (tertiary/aromatic N) is 4. The summed E-state index contributed by atoms with van der Waals surface area (Å²) in [6, 6.07) is 11.6. The Morgan fingerprint density at radius 2 is 1.60 bits per heavy atom. The standard InChI is InChI=1S/C24H25ClN4O/c1-22(2,3)24(30,18-12-27-15-28-13-18)21-9-6-16(11-29-21)19-8-7-17(10-20(19)25)23(4,5)14-26/h6-13,15,30H,1-5H3. The van der Waals surface area contributed by atoms with Crippen LogP contribution in [-0.4, -0.2) is 20.1 Å². The minimum Gasteiger partial charge on any atom is -0.378 e. The zero-order valence-electron chi connectivity index (χ0n) is 17.8.